The van der Waals surface area contributed by atoms with Gasteiger partial charge >= 0.3 is 0 Å². The smallest absolute Gasteiger partial charge is 0.275 e. The maximum Gasteiger partial charge on any atom is 0.275 e. The van der Waals surface area contributed by atoms with Gasteiger partial charge in [-0.05, 0) is 36.8 Å². The molecule has 0 aliphatic carbocycles. The van der Waals surface area contributed by atoms with Crippen molar-refractivity contribution in [1.29, 1.82) is 0 Å². The molecule has 2 N–H and O–H groups in total. The van der Waals surface area contributed by atoms with Gasteiger partial charge in [0.2, 0.25) is 0 Å². The molecule has 3 rings (SSSR count). The summed E-state index contributed by atoms with van der Waals surface area (Å²) in [6.07, 6.45) is 2.94. The van der Waals surface area contributed by atoms with Crippen LogP contribution in [-0.4, -0.2) is 23.0 Å². The Morgan fingerprint density at radius 3 is 2.60 bits per heavy atom. The number of hydrogen-bond donors (Lipinski definition) is 2. The maximum atomic E-state index is 12.2. The lowest BCUT2D eigenvalue weighted by molar-refractivity contribution is 0.102. The van der Waals surface area contributed by atoms with Gasteiger partial charge in [0.1, 0.15) is 17.3 Å². The molecule has 2 aromatic carbocycles. The molecule has 0 aliphatic rings. The summed E-state index contributed by atoms with van der Waals surface area (Å²) in [6.45, 7) is 1.97. The molecule has 0 atom stereocenters. The molecule has 0 fully saturated rings. The van der Waals surface area contributed by atoms with Crippen LogP contribution in [0.25, 0.3) is 0 Å². The van der Waals surface area contributed by atoms with Gasteiger partial charge in [-0.1, -0.05) is 24.3 Å². The van der Waals surface area contributed by atoms with Crippen LogP contribution in [0.1, 0.15) is 16.1 Å². The van der Waals surface area contributed by atoms with E-state index in [0.717, 1.165) is 16.9 Å². The third-order valence-electron chi connectivity index (χ3n) is 3.53. The predicted octanol–water partition coefficient (Wildman–Crippen LogP) is 3.79. The first kappa shape index (κ1) is 16.4. The van der Waals surface area contributed by atoms with Crippen molar-refractivity contribution in [2.45, 2.75) is 6.92 Å². The lowest BCUT2D eigenvalue weighted by atomic mass is 10.2. The topological polar surface area (TPSA) is 76.1 Å². The van der Waals surface area contributed by atoms with E-state index in [1.54, 1.807) is 7.11 Å². The van der Waals surface area contributed by atoms with E-state index in [9.17, 15) is 4.79 Å². The lowest BCUT2D eigenvalue weighted by Gasteiger charge is -2.10. The number of nitrogens with zero attached hydrogens (tertiary/aromatic N) is 2. The number of amides is 1. The number of benzene rings is 2. The van der Waals surface area contributed by atoms with Gasteiger partial charge in [-0.3, -0.25) is 4.79 Å². The minimum Gasteiger partial charge on any atom is -0.495 e. The fourth-order valence-electron chi connectivity index (χ4n) is 2.31. The van der Waals surface area contributed by atoms with Crippen LogP contribution in [0, 0.1) is 6.92 Å². The Hall–Kier alpha value is -3.41. The van der Waals surface area contributed by atoms with E-state index in [1.807, 2.05) is 55.5 Å². The van der Waals surface area contributed by atoms with E-state index < -0.39 is 0 Å². The Morgan fingerprint density at radius 2 is 1.88 bits per heavy atom. The maximum absolute atomic E-state index is 12.2. The van der Waals surface area contributed by atoms with Crippen molar-refractivity contribution in [2.24, 2.45) is 0 Å². The number of aromatic nitrogens is 2. The highest BCUT2D eigenvalue weighted by atomic mass is 16.5. The molecule has 0 spiro atoms. The Bertz CT molecular complexity index is 879. The van der Waals surface area contributed by atoms with Gasteiger partial charge in [0.05, 0.1) is 25.2 Å². The molecule has 0 saturated carbocycles. The van der Waals surface area contributed by atoms with Crippen LogP contribution in [0.2, 0.25) is 0 Å². The zero-order chi connectivity index (χ0) is 17.6. The van der Waals surface area contributed by atoms with Gasteiger partial charge in [0.25, 0.3) is 5.91 Å². The molecule has 1 aromatic heterocycles. The van der Waals surface area contributed by atoms with E-state index in [1.165, 1.54) is 12.4 Å². The van der Waals surface area contributed by atoms with Crippen molar-refractivity contribution in [3.63, 3.8) is 0 Å². The fraction of sp³-hybridized carbons (Fsp3) is 0.105. The number of carbonyl (C=O) groups excluding carboxylic acids is 1. The second-order valence-corrected chi connectivity index (χ2v) is 5.44. The molecule has 3 aromatic rings. The molecule has 0 bridgehead atoms. The second kappa shape index (κ2) is 7.44. The number of nitrogens with one attached hydrogen (secondary N) is 2. The number of ether oxygens (including phenoxy) is 1. The number of para-hydroxylation sites is 2. The highest BCUT2D eigenvalue weighted by Gasteiger charge is 2.09. The van der Waals surface area contributed by atoms with Crippen LogP contribution >= 0.6 is 0 Å². The van der Waals surface area contributed by atoms with Crippen molar-refractivity contribution in [1.82, 2.24) is 9.97 Å². The number of aryl methyl sites for hydroxylation is 1. The summed E-state index contributed by atoms with van der Waals surface area (Å²) in [6, 6.07) is 15.1. The summed E-state index contributed by atoms with van der Waals surface area (Å²) >= 11 is 0. The Morgan fingerprint density at radius 1 is 1.04 bits per heavy atom. The molecule has 126 valence electrons. The number of carbonyl (C=O) groups is 1. The van der Waals surface area contributed by atoms with Gasteiger partial charge in [0, 0.05) is 5.69 Å². The monoisotopic (exact) mass is 334 g/mol. The molecule has 0 unspecified atom stereocenters. The molecular formula is C19H18N4O2. The summed E-state index contributed by atoms with van der Waals surface area (Å²) < 4.78 is 5.28. The zero-order valence-corrected chi connectivity index (χ0v) is 14.0. The average molecular weight is 334 g/mol. The van der Waals surface area contributed by atoms with Gasteiger partial charge in [-0.25, -0.2) is 9.97 Å². The minimum absolute atomic E-state index is 0.243. The zero-order valence-electron chi connectivity index (χ0n) is 14.0. The van der Waals surface area contributed by atoms with Crippen LogP contribution in [0.4, 0.5) is 17.2 Å². The summed E-state index contributed by atoms with van der Waals surface area (Å²) in [5, 5.41) is 5.92. The van der Waals surface area contributed by atoms with Crippen molar-refractivity contribution < 1.29 is 9.53 Å². The van der Waals surface area contributed by atoms with Crippen molar-refractivity contribution in [3.05, 3.63) is 72.2 Å². The number of hydrogen-bond acceptors (Lipinski definition) is 5. The quantitative estimate of drug-likeness (QED) is 0.742. The average Bonchev–Trinajstić information content (AvgIpc) is 2.63. The van der Waals surface area contributed by atoms with E-state index in [-0.39, 0.29) is 11.6 Å². The van der Waals surface area contributed by atoms with E-state index in [0.29, 0.717) is 11.6 Å². The molecule has 6 heteroatoms. The summed E-state index contributed by atoms with van der Waals surface area (Å²) in [5.41, 5.74) is 2.81. The lowest BCUT2D eigenvalue weighted by Crippen LogP contribution is -2.14. The first-order valence-corrected chi connectivity index (χ1v) is 7.76. The Kier molecular flexibility index (Phi) is 4.89. The van der Waals surface area contributed by atoms with Crippen LogP contribution in [-0.2, 0) is 0 Å². The normalized spacial score (nSPS) is 10.2. The van der Waals surface area contributed by atoms with Crippen LogP contribution in [0.3, 0.4) is 0 Å². The molecule has 1 heterocycles. The first-order chi connectivity index (χ1) is 12.2. The number of anilines is 3. The largest absolute Gasteiger partial charge is 0.495 e. The Labute approximate surface area is 145 Å². The van der Waals surface area contributed by atoms with Gasteiger partial charge < -0.3 is 15.4 Å². The van der Waals surface area contributed by atoms with E-state index >= 15 is 0 Å². The number of methoxy groups -OCH3 is 1. The van der Waals surface area contributed by atoms with Crippen molar-refractivity contribution in [2.75, 3.05) is 17.7 Å². The van der Waals surface area contributed by atoms with Gasteiger partial charge in [-0.15, -0.1) is 0 Å². The standard InChI is InChI=1S/C19H18N4O2/c1-13-6-5-7-14(10-13)22-19(24)16-11-21-18(12-20-16)23-15-8-3-4-9-17(15)25-2/h3-12H,1-2H3,(H,21,23)(H,22,24). The highest BCUT2D eigenvalue weighted by molar-refractivity contribution is 6.02. The van der Waals surface area contributed by atoms with Gasteiger partial charge in [0.15, 0.2) is 0 Å². The molecule has 6 nitrogen and oxygen atoms in total. The van der Waals surface area contributed by atoms with Crippen LogP contribution in [0.15, 0.2) is 60.9 Å². The van der Waals surface area contributed by atoms with Crippen molar-refractivity contribution >= 4 is 23.1 Å². The van der Waals surface area contributed by atoms with Crippen LogP contribution in [0.5, 0.6) is 5.75 Å². The van der Waals surface area contributed by atoms with Gasteiger partial charge in [-0.2, -0.15) is 0 Å². The highest BCUT2D eigenvalue weighted by Crippen LogP contribution is 2.25. The predicted molar refractivity (Wildman–Crippen MR) is 97.4 cm³/mol. The molecule has 1 amide bonds. The van der Waals surface area contributed by atoms with Crippen LogP contribution < -0.4 is 15.4 Å². The third-order valence-corrected chi connectivity index (χ3v) is 3.53. The first-order valence-electron chi connectivity index (χ1n) is 7.76. The van der Waals surface area contributed by atoms with E-state index in [2.05, 4.69) is 20.6 Å². The summed E-state index contributed by atoms with van der Waals surface area (Å²) in [7, 11) is 1.60. The SMILES string of the molecule is COc1ccccc1Nc1cnc(C(=O)Nc2cccc(C)c2)cn1. The summed E-state index contributed by atoms with van der Waals surface area (Å²) in [4.78, 5) is 20.7. The molecule has 0 radical (unpaired) electrons. The minimum atomic E-state index is -0.304. The Balaban J connectivity index is 1.70. The molecular weight excluding hydrogens is 316 g/mol. The molecule has 0 saturated heterocycles. The number of rotatable bonds is 5. The van der Waals surface area contributed by atoms with Crippen molar-refractivity contribution in [3.8, 4) is 5.75 Å². The molecule has 25 heavy (non-hydrogen) atoms. The fourth-order valence-corrected chi connectivity index (χ4v) is 2.31. The third kappa shape index (κ3) is 4.11. The molecule has 0 aliphatic heterocycles. The van der Waals surface area contributed by atoms with E-state index in [4.69, 9.17) is 4.74 Å². The summed E-state index contributed by atoms with van der Waals surface area (Å²) in [5.74, 6) is 0.920. The second-order valence-electron chi connectivity index (χ2n) is 5.44.